The van der Waals surface area contributed by atoms with Gasteiger partial charge in [-0.3, -0.25) is 9.79 Å². The summed E-state index contributed by atoms with van der Waals surface area (Å²) >= 11 is 0. The van der Waals surface area contributed by atoms with E-state index in [-0.39, 0.29) is 18.0 Å². The van der Waals surface area contributed by atoms with Gasteiger partial charge in [0.05, 0.1) is 17.3 Å². The maximum atomic E-state index is 11.5. The molecule has 1 saturated carbocycles. The number of amides is 1. The number of aromatic amines is 1. The van der Waals surface area contributed by atoms with Crippen LogP contribution in [0.3, 0.4) is 0 Å². The molecule has 1 amide bonds. The number of hydrogen-bond donors (Lipinski definition) is 4. The van der Waals surface area contributed by atoms with Crippen LogP contribution in [0.4, 0.5) is 0 Å². The Morgan fingerprint density at radius 3 is 2.43 bits per heavy atom. The van der Waals surface area contributed by atoms with Gasteiger partial charge in [0.2, 0.25) is 5.91 Å². The van der Waals surface area contributed by atoms with Gasteiger partial charge in [0.1, 0.15) is 0 Å². The quantitative estimate of drug-likeness (QED) is 0.524. The van der Waals surface area contributed by atoms with Crippen LogP contribution in [0.2, 0.25) is 0 Å². The summed E-state index contributed by atoms with van der Waals surface area (Å²) in [6.45, 7) is 0. The van der Waals surface area contributed by atoms with E-state index in [1.807, 2.05) is 30.3 Å². The fraction of sp³-hybridized carbons (Fsp3) is 0.273. The van der Waals surface area contributed by atoms with Crippen molar-refractivity contribution in [1.82, 2.24) is 4.98 Å². The average Bonchev–Trinajstić information content (AvgIpc) is 3.03. The largest absolute Gasteiger partial charge is 0.494 e. The van der Waals surface area contributed by atoms with Gasteiger partial charge in [0.25, 0.3) is 0 Å². The summed E-state index contributed by atoms with van der Waals surface area (Å²) in [5.41, 5.74) is 14.8. The van der Waals surface area contributed by atoms with Gasteiger partial charge in [-0.05, 0) is 37.8 Å². The normalized spacial score (nSPS) is 20.4. The van der Waals surface area contributed by atoms with Crippen LogP contribution in [0.15, 0.2) is 53.5 Å². The van der Waals surface area contributed by atoms with Gasteiger partial charge in [0, 0.05) is 28.1 Å². The van der Waals surface area contributed by atoms with E-state index in [1.165, 1.54) is 0 Å². The van der Waals surface area contributed by atoms with Crippen LogP contribution >= 0.6 is 0 Å². The molecular formula is C22H24N4O2. The Bertz CT molecular complexity index is 1030. The molecule has 6 heteroatoms. The highest BCUT2D eigenvalue weighted by molar-refractivity contribution is 6.21. The lowest BCUT2D eigenvalue weighted by Crippen LogP contribution is -2.28. The summed E-state index contributed by atoms with van der Waals surface area (Å²) in [7, 11) is 0. The van der Waals surface area contributed by atoms with E-state index in [1.54, 1.807) is 18.2 Å². The van der Waals surface area contributed by atoms with Crippen molar-refractivity contribution in [2.75, 3.05) is 0 Å². The summed E-state index contributed by atoms with van der Waals surface area (Å²) < 4.78 is 0. The van der Waals surface area contributed by atoms with Crippen molar-refractivity contribution in [3.8, 4) is 5.88 Å². The zero-order valence-electron chi connectivity index (χ0n) is 15.6. The van der Waals surface area contributed by atoms with Gasteiger partial charge in [-0.25, -0.2) is 0 Å². The zero-order chi connectivity index (χ0) is 19.7. The molecule has 0 saturated heterocycles. The first-order chi connectivity index (χ1) is 13.5. The first-order valence-electron chi connectivity index (χ1n) is 9.56. The highest BCUT2D eigenvalue weighted by atomic mass is 16.3. The molecule has 0 aliphatic heterocycles. The second-order valence-corrected chi connectivity index (χ2v) is 7.39. The molecule has 0 atom stereocenters. The summed E-state index contributed by atoms with van der Waals surface area (Å²) in [4.78, 5) is 19.5. The number of hydrogen-bond acceptors (Lipinski definition) is 4. The molecule has 1 aromatic heterocycles. The van der Waals surface area contributed by atoms with Crippen LogP contribution in [-0.2, 0) is 0 Å². The van der Waals surface area contributed by atoms with Gasteiger partial charge < -0.3 is 21.6 Å². The third kappa shape index (κ3) is 3.51. The molecule has 1 aliphatic carbocycles. The highest BCUT2D eigenvalue weighted by Gasteiger charge is 2.23. The number of primary amides is 1. The number of rotatable bonds is 4. The van der Waals surface area contributed by atoms with E-state index in [0.717, 1.165) is 42.3 Å². The van der Waals surface area contributed by atoms with E-state index in [9.17, 15) is 9.90 Å². The Morgan fingerprint density at radius 2 is 1.75 bits per heavy atom. The predicted octanol–water partition coefficient (Wildman–Crippen LogP) is 3.08. The van der Waals surface area contributed by atoms with Crippen LogP contribution < -0.4 is 11.5 Å². The lowest BCUT2D eigenvalue weighted by molar-refractivity contribution is 0.100. The fourth-order valence-corrected chi connectivity index (χ4v) is 3.87. The van der Waals surface area contributed by atoms with Crippen LogP contribution in [0.5, 0.6) is 5.88 Å². The molecule has 1 heterocycles. The Balaban J connectivity index is 1.85. The van der Waals surface area contributed by atoms with Crippen LogP contribution in [0.1, 0.15) is 47.2 Å². The number of benzene rings is 2. The number of nitrogens with zero attached hydrogens (tertiary/aromatic N) is 1. The number of aliphatic imine (C=N–C) groups is 1. The average molecular weight is 376 g/mol. The molecule has 28 heavy (non-hydrogen) atoms. The molecule has 4 rings (SSSR count). The van der Waals surface area contributed by atoms with Gasteiger partial charge in [0.15, 0.2) is 5.88 Å². The van der Waals surface area contributed by atoms with E-state index < -0.39 is 5.91 Å². The van der Waals surface area contributed by atoms with Crippen LogP contribution in [-0.4, -0.2) is 33.8 Å². The predicted molar refractivity (Wildman–Crippen MR) is 111 cm³/mol. The Kier molecular flexibility index (Phi) is 4.88. The monoisotopic (exact) mass is 376 g/mol. The number of nitrogens with two attached hydrogens (primary N) is 2. The third-order valence-corrected chi connectivity index (χ3v) is 5.40. The standard InChI is InChI=1S/C22H24N4O2/c23-15-7-9-16(10-8-15)25-20(13-4-2-1-3-5-13)19-17-11-6-14(21(24)27)12-18(17)26-22(19)28/h1-6,11-12,15-16,26,28H,7-10,23H2,(H2,24,27). The highest BCUT2D eigenvalue weighted by Crippen LogP contribution is 2.32. The van der Waals surface area contributed by atoms with Gasteiger partial charge in [-0.15, -0.1) is 0 Å². The van der Waals surface area contributed by atoms with Crippen molar-refractivity contribution in [2.24, 2.45) is 16.5 Å². The van der Waals surface area contributed by atoms with Crippen LogP contribution in [0, 0.1) is 0 Å². The summed E-state index contributed by atoms with van der Waals surface area (Å²) in [5, 5.41) is 11.5. The number of H-pyrrole nitrogens is 1. The summed E-state index contributed by atoms with van der Waals surface area (Å²) in [6.07, 6.45) is 3.79. The number of aromatic nitrogens is 1. The first kappa shape index (κ1) is 18.3. The van der Waals surface area contributed by atoms with E-state index in [0.29, 0.717) is 16.6 Å². The SMILES string of the molecule is NC(=O)c1ccc2c(C(=NC3CCC(N)CC3)c3ccccc3)c(O)[nH]c2c1. The molecule has 2 aromatic carbocycles. The van der Waals surface area contributed by atoms with E-state index in [2.05, 4.69) is 4.98 Å². The molecule has 1 aliphatic rings. The molecule has 3 aromatic rings. The first-order valence-corrected chi connectivity index (χ1v) is 9.56. The van der Waals surface area contributed by atoms with E-state index in [4.69, 9.17) is 16.5 Å². The molecule has 1 fully saturated rings. The molecule has 6 nitrogen and oxygen atoms in total. The number of carbonyl (C=O) groups is 1. The second-order valence-electron chi connectivity index (χ2n) is 7.39. The summed E-state index contributed by atoms with van der Waals surface area (Å²) in [6, 6.07) is 15.4. The third-order valence-electron chi connectivity index (χ3n) is 5.40. The Morgan fingerprint density at radius 1 is 1.04 bits per heavy atom. The van der Waals surface area contributed by atoms with Gasteiger partial charge in [-0.1, -0.05) is 36.4 Å². The van der Waals surface area contributed by atoms with Crippen molar-refractivity contribution in [3.63, 3.8) is 0 Å². The topological polar surface area (TPSA) is 117 Å². The minimum absolute atomic E-state index is 0.0340. The molecule has 0 radical (unpaired) electrons. The lowest BCUT2D eigenvalue weighted by atomic mass is 9.91. The van der Waals surface area contributed by atoms with Gasteiger partial charge >= 0.3 is 0 Å². The fourth-order valence-electron chi connectivity index (χ4n) is 3.87. The molecule has 6 N–H and O–H groups in total. The van der Waals surface area contributed by atoms with Crippen molar-refractivity contribution < 1.29 is 9.90 Å². The maximum Gasteiger partial charge on any atom is 0.248 e. The molecular weight excluding hydrogens is 352 g/mol. The summed E-state index contributed by atoms with van der Waals surface area (Å²) in [5.74, 6) is -0.472. The second kappa shape index (κ2) is 7.48. The van der Waals surface area contributed by atoms with E-state index >= 15 is 0 Å². The smallest absolute Gasteiger partial charge is 0.248 e. The maximum absolute atomic E-state index is 11.5. The molecule has 144 valence electrons. The van der Waals surface area contributed by atoms with Gasteiger partial charge in [-0.2, -0.15) is 0 Å². The minimum Gasteiger partial charge on any atom is -0.494 e. The molecule has 0 spiro atoms. The Hall–Kier alpha value is -3.12. The number of nitrogens with one attached hydrogen (secondary N) is 1. The zero-order valence-corrected chi connectivity index (χ0v) is 15.6. The lowest BCUT2D eigenvalue weighted by Gasteiger charge is -2.24. The van der Waals surface area contributed by atoms with Crippen molar-refractivity contribution >= 4 is 22.5 Å². The molecule has 0 bridgehead atoms. The number of aromatic hydroxyl groups is 1. The number of fused-ring (bicyclic) bond motifs is 1. The number of carbonyl (C=O) groups excluding carboxylic acids is 1. The minimum atomic E-state index is -0.506. The van der Waals surface area contributed by atoms with Crippen molar-refractivity contribution in [3.05, 3.63) is 65.2 Å². The van der Waals surface area contributed by atoms with Crippen LogP contribution in [0.25, 0.3) is 10.9 Å². The molecule has 0 unspecified atom stereocenters. The van der Waals surface area contributed by atoms with Crippen molar-refractivity contribution in [2.45, 2.75) is 37.8 Å². The Labute approximate surface area is 163 Å². The van der Waals surface area contributed by atoms with Crippen molar-refractivity contribution in [1.29, 1.82) is 0 Å².